The summed E-state index contributed by atoms with van der Waals surface area (Å²) in [4.78, 5) is 23.9. The molecule has 5 nitrogen and oxygen atoms in total. The quantitative estimate of drug-likeness (QED) is 0.583. The lowest BCUT2D eigenvalue weighted by Gasteiger charge is -2.09. The summed E-state index contributed by atoms with van der Waals surface area (Å²) in [5, 5.41) is 5.16. The maximum absolute atomic E-state index is 12.0. The van der Waals surface area contributed by atoms with Gasteiger partial charge in [0.15, 0.2) is 0 Å². The summed E-state index contributed by atoms with van der Waals surface area (Å²) in [6.45, 7) is 4.35. The van der Waals surface area contributed by atoms with Crippen LogP contribution in [-0.2, 0) is 9.59 Å². The van der Waals surface area contributed by atoms with Crippen LogP contribution >= 0.6 is 22.6 Å². The standard InChI is InChI=1S/C17H17IN2O3/c1-3-23-14-7-5-13(6-8-14)19-16(21)17(22)20-15-9-4-12(18)10-11(15)2/h4-10H,3H2,1-2H3,(H,19,21)(H,20,22). The summed E-state index contributed by atoms with van der Waals surface area (Å²) >= 11 is 2.19. The van der Waals surface area contributed by atoms with Crippen LogP contribution in [0.2, 0.25) is 0 Å². The first-order valence-electron chi connectivity index (χ1n) is 7.11. The SMILES string of the molecule is CCOc1ccc(NC(=O)C(=O)Nc2ccc(I)cc2C)cc1. The van der Waals surface area contributed by atoms with Crippen LogP contribution in [0, 0.1) is 10.5 Å². The number of benzene rings is 2. The molecule has 2 N–H and O–H groups in total. The van der Waals surface area contributed by atoms with Gasteiger partial charge in [0.05, 0.1) is 6.61 Å². The normalized spacial score (nSPS) is 10.0. The molecule has 2 aromatic carbocycles. The lowest BCUT2D eigenvalue weighted by Crippen LogP contribution is -2.29. The molecule has 23 heavy (non-hydrogen) atoms. The van der Waals surface area contributed by atoms with Crippen molar-refractivity contribution in [2.24, 2.45) is 0 Å². The average molecular weight is 424 g/mol. The molecule has 0 aliphatic rings. The number of ether oxygens (including phenoxy) is 1. The molecule has 120 valence electrons. The molecule has 0 saturated heterocycles. The number of hydrogen-bond acceptors (Lipinski definition) is 3. The van der Waals surface area contributed by atoms with Gasteiger partial charge in [-0.2, -0.15) is 0 Å². The second-order valence-corrected chi connectivity index (χ2v) is 6.07. The predicted octanol–water partition coefficient (Wildman–Crippen LogP) is 3.58. The van der Waals surface area contributed by atoms with Gasteiger partial charge in [-0.25, -0.2) is 0 Å². The van der Waals surface area contributed by atoms with Crippen LogP contribution in [0.1, 0.15) is 12.5 Å². The number of nitrogens with one attached hydrogen (secondary N) is 2. The largest absolute Gasteiger partial charge is 0.494 e. The Labute approximate surface area is 148 Å². The molecule has 0 heterocycles. The van der Waals surface area contributed by atoms with Crippen molar-refractivity contribution in [1.82, 2.24) is 0 Å². The molecule has 0 aliphatic carbocycles. The van der Waals surface area contributed by atoms with E-state index in [9.17, 15) is 9.59 Å². The zero-order valence-corrected chi connectivity index (χ0v) is 15.0. The zero-order valence-electron chi connectivity index (χ0n) is 12.9. The average Bonchev–Trinajstić information content (AvgIpc) is 2.52. The monoisotopic (exact) mass is 424 g/mol. The maximum Gasteiger partial charge on any atom is 0.314 e. The van der Waals surface area contributed by atoms with E-state index in [1.807, 2.05) is 26.0 Å². The van der Waals surface area contributed by atoms with Gasteiger partial charge in [-0.3, -0.25) is 9.59 Å². The lowest BCUT2D eigenvalue weighted by molar-refractivity contribution is -0.133. The van der Waals surface area contributed by atoms with E-state index in [1.165, 1.54) is 0 Å². The highest BCUT2D eigenvalue weighted by molar-refractivity contribution is 14.1. The van der Waals surface area contributed by atoms with Crippen LogP contribution in [0.25, 0.3) is 0 Å². The summed E-state index contributed by atoms with van der Waals surface area (Å²) in [5.41, 5.74) is 2.06. The van der Waals surface area contributed by atoms with Gasteiger partial charge >= 0.3 is 11.8 Å². The number of carbonyl (C=O) groups excluding carboxylic acids is 2. The van der Waals surface area contributed by atoms with Crippen molar-refractivity contribution in [2.75, 3.05) is 17.2 Å². The summed E-state index contributed by atoms with van der Waals surface area (Å²) in [5.74, 6) is -0.709. The first-order valence-corrected chi connectivity index (χ1v) is 8.19. The van der Waals surface area contributed by atoms with Crippen molar-refractivity contribution in [3.63, 3.8) is 0 Å². The number of carbonyl (C=O) groups is 2. The third-order valence-electron chi connectivity index (χ3n) is 3.07. The Morgan fingerprint density at radius 3 is 2.30 bits per heavy atom. The van der Waals surface area contributed by atoms with E-state index in [4.69, 9.17) is 4.74 Å². The predicted molar refractivity (Wildman–Crippen MR) is 98.8 cm³/mol. The minimum atomic E-state index is -0.716. The van der Waals surface area contributed by atoms with Gasteiger partial charge in [0.2, 0.25) is 0 Å². The van der Waals surface area contributed by atoms with Crippen molar-refractivity contribution in [3.8, 4) is 5.75 Å². The van der Waals surface area contributed by atoms with Crippen molar-refractivity contribution in [2.45, 2.75) is 13.8 Å². The zero-order chi connectivity index (χ0) is 16.8. The number of halogens is 1. The van der Waals surface area contributed by atoms with E-state index in [2.05, 4.69) is 33.2 Å². The molecule has 0 atom stereocenters. The van der Waals surface area contributed by atoms with Crippen LogP contribution in [0.4, 0.5) is 11.4 Å². The molecule has 2 rings (SSSR count). The lowest BCUT2D eigenvalue weighted by atomic mass is 10.2. The minimum Gasteiger partial charge on any atom is -0.494 e. The third-order valence-corrected chi connectivity index (χ3v) is 3.74. The Morgan fingerprint density at radius 1 is 1.04 bits per heavy atom. The summed E-state index contributed by atoms with van der Waals surface area (Å²) in [7, 11) is 0. The minimum absolute atomic E-state index is 0.535. The second-order valence-electron chi connectivity index (χ2n) is 4.82. The van der Waals surface area contributed by atoms with E-state index in [0.29, 0.717) is 23.7 Å². The molecule has 0 spiro atoms. The van der Waals surface area contributed by atoms with Crippen LogP contribution < -0.4 is 15.4 Å². The van der Waals surface area contributed by atoms with Gasteiger partial charge in [-0.15, -0.1) is 0 Å². The summed E-state index contributed by atoms with van der Waals surface area (Å²) in [6.07, 6.45) is 0. The fourth-order valence-corrected chi connectivity index (χ4v) is 2.58. The van der Waals surface area contributed by atoms with E-state index >= 15 is 0 Å². The van der Waals surface area contributed by atoms with Crippen LogP contribution in [0.15, 0.2) is 42.5 Å². The highest BCUT2D eigenvalue weighted by Crippen LogP contribution is 2.18. The van der Waals surface area contributed by atoms with Crippen molar-refractivity contribution in [3.05, 3.63) is 51.6 Å². The Bertz CT molecular complexity index is 714. The van der Waals surface area contributed by atoms with E-state index in [1.54, 1.807) is 30.3 Å². The van der Waals surface area contributed by atoms with Gasteiger partial charge in [0.1, 0.15) is 5.75 Å². The first-order chi connectivity index (χ1) is 11.0. The Morgan fingerprint density at radius 2 is 1.70 bits per heavy atom. The molecule has 2 amide bonds. The topological polar surface area (TPSA) is 67.4 Å². The number of rotatable bonds is 4. The number of anilines is 2. The van der Waals surface area contributed by atoms with Crippen molar-refractivity contribution in [1.29, 1.82) is 0 Å². The smallest absolute Gasteiger partial charge is 0.314 e. The molecular formula is C17H17IN2O3. The molecule has 0 fully saturated rings. The molecule has 2 aromatic rings. The number of hydrogen-bond donors (Lipinski definition) is 2. The summed E-state index contributed by atoms with van der Waals surface area (Å²) < 4.78 is 6.39. The van der Waals surface area contributed by atoms with Crippen LogP contribution in [0.5, 0.6) is 5.75 Å². The van der Waals surface area contributed by atoms with Gasteiger partial charge < -0.3 is 15.4 Å². The van der Waals surface area contributed by atoms with Crippen molar-refractivity contribution < 1.29 is 14.3 Å². The maximum atomic E-state index is 12.0. The van der Waals surface area contributed by atoms with Crippen LogP contribution in [0.3, 0.4) is 0 Å². The second kappa shape index (κ2) is 7.96. The third kappa shape index (κ3) is 4.95. The summed E-state index contributed by atoms with van der Waals surface area (Å²) in [6, 6.07) is 12.4. The molecule has 0 unspecified atom stereocenters. The van der Waals surface area contributed by atoms with Gasteiger partial charge in [0, 0.05) is 14.9 Å². The Kier molecular flexibility index (Phi) is 5.97. The molecule has 0 aliphatic heterocycles. The fraction of sp³-hybridized carbons (Fsp3) is 0.176. The fourth-order valence-electron chi connectivity index (χ4n) is 1.94. The van der Waals surface area contributed by atoms with E-state index in [-0.39, 0.29) is 0 Å². The van der Waals surface area contributed by atoms with E-state index in [0.717, 1.165) is 9.13 Å². The molecule has 0 radical (unpaired) electrons. The molecule has 6 heteroatoms. The van der Waals surface area contributed by atoms with Crippen molar-refractivity contribution >= 4 is 45.8 Å². The van der Waals surface area contributed by atoms with Gasteiger partial charge in [-0.05, 0) is 84.5 Å². The molecule has 0 aromatic heterocycles. The van der Waals surface area contributed by atoms with E-state index < -0.39 is 11.8 Å². The molecule has 0 saturated carbocycles. The first kappa shape index (κ1) is 17.3. The number of aryl methyl sites for hydroxylation is 1. The Hall–Kier alpha value is -2.09. The van der Waals surface area contributed by atoms with Gasteiger partial charge in [0.25, 0.3) is 0 Å². The number of amides is 2. The molecular weight excluding hydrogens is 407 g/mol. The highest BCUT2D eigenvalue weighted by atomic mass is 127. The van der Waals surface area contributed by atoms with Crippen LogP contribution in [-0.4, -0.2) is 18.4 Å². The van der Waals surface area contributed by atoms with Gasteiger partial charge in [-0.1, -0.05) is 0 Å². The highest BCUT2D eigenvalue weighted by Gasteiger charge is 2.15. The Balaban J connectivity index is 1.98. The molecule has 0 bridgehead atoms.